The Hall–Kier alpha value is -1.88. The summed E-state index contributed by atoms with van der Waals surface area (Å²) in [6, 6.07) is 5.90. The van der Waals surface area contributed by atoms with Crippen LogP contribution < -0.4 is 10.2 Å². The van der Waals surface area contributed by atoms with Crippen LogP contribution in [0.25, 0.3) is 11.0 Å². The number of hydrogen-bond donors (Lipinski definition) is 2. The lowest BCUT2D eigenvalue weighted by molar-refractivity contribution is -0.902. The van der Waals surface area contributed by atoms with E-state index in [0.717, 1.165) is 29.1 Å². The van der Waals surface area contributed by atoms with E-state index in [1.165, 1.54) is 32.9 Å². The number of likely N-dealkylation sites (tertiary alicyclic amines) is 1. The third-order valence-corrected chi connectivity index (χ3v) is 4.01. The summed E-state index contributed by atoms with van der Waals surface area (Å²) in [6.45, 7) is 5.01. The standard InChI is InChI=1S/C15H20N4O/c1-11(20)16-12-5-6-14-13(9-12)17-15(18(14)2)10-19-7-3-4-8-19/h5-6,9H,3-4,7-8,10H2,1-2H3,(H,16,20)/p+1. The van der Waals surface area contributed by atoms with Gasteiger partial charge in [-0.1, -0.05) is 0 Å². The van der Waals surface area contributed by atoms with Crippen LogP contribution in [0.1, 0.15) is 25.6 Å². The summed E-state index contributed by atoms with van der Waals surface area (Å²) in [5, 5.41) is 2.81. The SMILES string of the molecule is CC(=O)Nc1ccc2c(c1)nc(C[NH+]1CCCC1)n2C. The van der Waals surface area contributed by atoms with E-state index >= 15 is 0 Å². The number of nitrogens with one attached hydrogen (secondary N) is 2. The Balaban J connectivity index is 1.89. The highest BCUT2D eigenvalue weighted by atomic mass is 16.1. The molecule has 1 aromatic carbocycles. The predicted octanol–water partition coefficient (Wildman–Crippen LogP) is 0.710. The van der Waals surface area contributed by atoms with Crippen molar-refractivity contribution in [1.82, 2.24) is 9.55 Å². The molecule has 1 amide bonds. The third-order valence-electron chi connectivity index (χ3n) is 4.01. The van der Waals surface area contributed by atoms with Gasteiger partial charge >= 0.3 is 0 Å². The number of fused-ring (bicyclic) bond motifs is 1. The molecule has 1 fully saturated rings. The summed E-state index contributed by atoms with van der Waals surface area (Å²) in [7, 11) is 2.07. The first-order valence-electron chi connectivity index (χ1n) is 7.20. The first-order chi connectivity index (χ1) is 9.63. The van der Waals surface area contributed by atoms with Gasteiger partial charge in [0.15, 0.2) is 5.82 Å². The Bertz CT molecular complexity index is 641. The topological polar surface area (TPSA) is 51.4 Å². The second-order valence-corrected chi connectivity index (χ2v) is 5.61. The number of quaternary nitrogens is 1. The van der Waals surface area contributed by atoms with Crippen molar-refractivity contribution in [3.63, 3.8) is 0 Å². The molecule has 1 saturated heterocycles. The number of rotatable bonds is 3. The Labute approximate surface area is 118 Å². The van der Waals surface area contributed by atoms with Crippen LogP contribution in [0.2, 0.25) is 0 Å². The Morgan fingerprint density at radius 2 is 2.15 bits per heavy atom. The molecular weight excluding hydrogens is 252 g/mol. The Morgan fingerprint density at radius 1 is 1.40 bits per heavy atom. The highest BCUT2D eigenvalue weighted by Gasteiger charge is 2.19. The van der Waals surface area contributed by atoms with Crippen molar-refractivity contribution < 1.29 is 9.69 Å². The lowest BCUT2D eigenvalue weighted by Gasteiger charge is -2.11. The molecule has 5 nitrogen and oxygen atoms in total. The zero-order chi connectivity index (χ0) is 14.1. The molecule has 0 unspecified atom stereocenters. The van der Waals surface area contributed by atoms with Gasteiger partial charge in [0.05, 0.1) is 24.1 Å². The fourth-order valence-corrected chi connectivity index (χ4v) is 2.96. The summed E-state index contributed by atoms with van der Waals surface area (Å²) >= 11 is 0. The van der Waals surface area contributed by atoms with Crippen molar-refractivity contribution in [2.75, 3.05) is 18.4 Å². The minimum absolute atomic E-state index is 0.0537. The van der Waals surface area contributed by atoms with Crippen LogP contribution in [0.4, 0.5) is 5.69 Å². The minimum Gasteiger partial charge on any atom is -0.329 e. The molecule has 0 spiro atoms. The maximum atomic E-state index is 11.1. The average Bonchev–Trinajstić information content (AvgIpc) is 2.99. The van der Waals surface area contributed by atoms with Gasteiger partial charge in [-0.15, -0.1) is 0 Å². The van der Waals surface area contributed by atoms with Crippen molar-refractivity contribution in [2.45, 2.75) is 26.3 Å². The molecule has 0 bridgehead atoms. The number of aryl methyl sites for hydroxylation is 1. The Morgan fingerprint density at radius 3 is 2.85 bits per heavy atom. The summed E-state index contributed by atoms with van der Waals surface area (Å²) < 4.78 is 2.16. The monoisotopic (exact) mass is 273 g/mol. The number of nitrogens with zero attached hydrogens (tertiary/aromatic N) is 2. The third kappa shape index (κ3) is 2.54. The lowest BCUT2D eigenvalue weighted by Crippen LogP contribution is -3.08. The summed E-state index contributed by atoms with van der Waals surface area (Å²) in [5.41, 5.74) is 2.88. The minimum atomic E-state index is -0.0537. The molecule has 1 aliphatic rings. The van der Waals surface area contributed by atoms with Gasteiger partial charge in [0.25, 0.3) is 0 Å². The fourth-order valence-electron chi connectivity index (χ4n) is 2.96. The molecule has 1 aromatic heterocycles. The quantitative estimate of drug-likeness (QED) is 0.865. The largest absolute Gasteiger partial charge is 0.329 e. The molecule has 1 aliphatic heterocycles. The smallest absolute Gasteiger partial charge is 0.221 e. The molecule has 2 heterocycles. The van der Waals surface area contributed by atoms with E-state index in [-0.39, 0.29) is 5.91 Å². The molecule has 5 heteroatoms. The van der Waals surface area contributed by atoms with Crippen LogP contribution in [0, 0.1) is 0 Å². The van der Waals surface area contributed by atoms with E-state index in [1.54, 1.807) is 4.90 Å². The van der Waals surface area contributed by atoms with E-state index < -0.39 is 0 Å². The van der Waals surface area contributed by atoms with Gasteiger partial charge in [-0.25, -0.2) is 4.98 Å². The highest BCUT2D eigenvalue weighted by molar-refractivity contribution is 5.91. The fraction of sp³-hybridized carbons (Fsp3) is 0.467. The zero-order valence-electron chi connectivity index (χ0n) is 12.1. The predicted molar refractivity (Wildman–Crippen MR) is 78.7 cm³/mol. The number of anilines is 1. The highest BCUT2D eigenvalue weighted by Crippen LogP contribution is 2.19. The number of carbonyl (C=O) groups is 1. The summed E-state index contributed by atoms with van der Waals surface area (Å²) in [5.74, 6) is 1.07. The molecule has 2 aromatic rings. The maximum Gasteiger partial charge on any atom is 0.221 e. The van der Waals surface area contributed by atoms with Crippen LogP contribution in [-0.2, 0) is 18.4 Å². The maximum absolute atomic E-state index is 11.1. The molecular formula is C15H21N4O+. The van der Waals surface area contributed by atoms with Crippen LogP contribution >= 0.6 is 0 Å². The van der Waals surface area contributed by atoms with Crippen molar-refractivity contribution in [2.24, 2.45) is 7.05 Å². The molecule has 0 radical (unpaired) electrons. The molecule has 0 atom stereocenters. The van der Waals surface area contributed by atoms with Gasteiger partial charge in [0.1, 0.15) is 6.54 Å². The van der Waals surface area contributed by atoms with E-state index in [1.807, 2.05) is 18.2 Å². The summed E-state index contributed by atoms with van der Waals surface area (Å²) in [4.78, 5) is 17.5. The van der Waals surface area contributed by atoms with Gasteiger partial charge < -0.3 is 14.8 Å². The van der Waals surface area contributed by atoms with Gasteiger partial charge in [-0.3, -0.25) is 4.79 Å². The van der Waals surface area contributed by atoms with Crippen LogP contribution in [-0.4, -0.2) is 28.5 Å². The molecule has 0 saturated carbocycles. The average molecular weight is 273 g/mol. The van der Waals surface area contributed by atoms with Gasteiger partial charge in [0, 0.05) is 32.5 Å². The molecule has 106 valence electrons. The van der Waals surface area contributed by atoms with Gasteiger partial charge in [-0.05, 0) is 18.2 Å². The molecule has 3 rings (SSSR count). The normalized spacial score (nSPS) is 15.9. The van der Waals surface area contributed by atoms with Crippen molar-refractivity contribution in [1.29, 1.82) is 0 Å². The van der Waals surface area contributed by atoms with Gasteiger partial charge in [0.2, 0.25) is 5.91 Å². The molecule has 2 N–H and O–H groups in total. The van der Waals surface area contributed by atoms with Crippen molar-refractivity contribution in [3.05, 3.63) is 24.0 Å². The van der Waals surface area contributed by atoms with Gasteiger partial charge in [-0.2, -0.15) is 0 Å². The van der Waals surface area contributed by atoms with Crippen molar-refractivity contribution in [3.8, 4) is 0 Å². The van der Waals surface area contributed by atoms with Crippen LogP contribution in [0.3, 0.4) is 0 Å². The van der Waals surface area contributed by atoms with E-state index in [9.17, 15) is 4.79 Å². The Kier molecular flexibility index (Phi) is 3.44. The molecule has 20 heavy (non-hydrogen) atoms. The lowest BCUT2D eigenvalue weighted by atomic mass is 10.2. The number of aromatic nitrogens is 2. The number of hydrogen-bond acceptors (Lipinski definition) is 2. The first kappa shape index (κ1) is 13.1. The first-order valence-corrected chi connectivity index (χ1v) is 7.20. The van der Waals surface area contributed by atoms with Crippen molar-refractivity contribution >= 4 is 22.6 Å². The number of amides is 1. The number of imidazole rings is 1. The zero-order valence-corrected chi connectivity index (χ0v) is 12.1. The van der Waals surface area contributed by atoms with Crippen LogP contribution in [0.15, 0.2) is 18.2 Å². The second-order valence-electron chi connectivity index (χ2n) is 5.61. The number of benzene rings is 1. The summed E-state index contributed by atoms with van der Waals surface area (Å²) in [6.07, 6.45) is 2.65. The van der Waals surface area contributed by atoms with E-state index in [0.29, 0.717) is 0 Å². The van der Waals surface area contributed by atoms with Crippen LogP contribution in [0.5, 0.6) is 0 Å². The second kappa shape index (κ2) is 5.25. The van der Waals surface area contributed by atoms with E-state index in [4.69, 9.17) is 4.98 Å². The van der Waals surface area contributed by atoms with E-state index in [2.05, 4.69) is 16.9 Å². The number of carbonyl (C=O) groups excluding carboxylic acids is 1. The molecule has 0 aliphatic carbocycles.